The summed E-state index contributed by atoms with van der Waals surface area (Å²) in [5.41, 5.74) is 1.65. The molecule has 1 saturated heterocycles. The van der Waals surface area contributed by atoms with Crippen LogP contribution >= 0.6 is 0 Å². The van der Waals surface area contributed by atoms with E-state index in [9.17, 15) is 13.7 Å². The fourth-order valence-electron chi connectivity index (χ4n) is 3.58. The molecule has 142 valence electrons. The van der Waals surface area contributed by atoms with Crippen LogP contribution in [0, 0.1) is 17.9 Å². The first-order chi connectivity index (χ1) is 13.4. The van der Waals surface area contributed by atoms with Crippen molar-refractivity contribution in [2.45, 2.75) is 18.9 Å². The third kappa shape index (κ3) is 2.66. The quantitative estimate of drug-likeness (QED) is 0.666. The minimum Gasteiger partial charge on any atom is -0.355 e. The number of nitrogens with zero attached hydrogens (tertiary/aromatic N) is 6. The van der Waals surface area contributed by atoms with Gasteiger partial charge in [-0.25, -0.2) is 23.2 Å². The molecule has 1 N–H and O–H groups in total. The first kappa shape index (κ1) is 18.2. The van der Waals surface area contributed by atoms with E-state index in [2.05, 4.69) is 25.9 Å². The molecule has 4 rings (SSSR count). The zero-order chi connectivity index (χ0) is 19.9. The number of rotatable bonds is 5. The number of fused-ring (bicyclic) bond motifs is 1. The number of hydrogen-bond donors (Lipinski definition) is 1. The van der Waals surface area contributed by atoms with Gasteiger partial charge in [-0.1, -0.05) is 0 Å². The van der Waals surface area contributed by atoms with Crippen molar-refractivity contribution in [3.8, 4) is 17.3 Å². The summed E-state index contributed by atoms with van der Waals surface area (Å²) in [4.78, 5) is 15.2. The van der Waals surface area contributed by atoms with Crippen LogP contribution < -0.4 is 0 Å². The topological polar surface area (TPSA) is 112 Å². The summed E-state index contributed by atoms with van der Waals surface area (Å²) in [7, 11) is -3.32. The maximum Gasteiger partial charge on any atom is 0.213 e. The molecule has 0 amide bonds. The standard InChI is InChI=1S/C18H17N7O2S/c1-3-28(26,27)25-10-18(11-25,5-6-19)24-8-14(15(9-24)20-2)16-13-4-7-21-17(13)23-12-22-16/h4,7-9,12H,3,5,10-11H2,1H3,(H,21,22,23). The Hall–Kier alpha value is -3.21. The SMILES string of the molecule is [C-]#[N+]c1cn(C2(CC#N)CN(S(=O)(=O)CC)C2)cc1-c1ncnc2[nH]ccc12. The summed E-state index contributed by atoms with van der Waals surface area (Å²) in [6.45, 7) is 9.58. The van der Waals surface area contributed by atoms with Gasteiger partial charge in [-0.3, -0.25) is 0 Å². The average Bonchev–Trinajstić information content (AvgIpc) is 3.30. The van der Waals surface area contributed by atoms with Gasteiger partial charge in [0, 0.05) is 42.6 Å². The van der Waals surface area contributed by atoms with E-state index >= 15 is 0 Å². The second-order valence-corrected chi connectivity index (χ2v) is 9.02. The van der Waals surface area contributed by atoms with E-state index in [4.69, 9.17) is 6.57 Å². The molecule has 28 heavy (non-hydrogen) atoms. The van der Waals surface area contributed by atoms with Crippen LogP contribution in [0.5, 0.6) is 0 Å². The maximum atomic E-state index is 12.1. The number of H-pyrrole nitrogens is 1. The summed E-state index contributed by atoms with van der Waals surface area (Å²) in [6, 6.07) is 4.01. The Bertz CT molecular complexity index is 1240. The molecule has 3 aromatic rings. The van der Waals surface area contributed by atoms with Crippen LogP contribution in [-0.4, -0.2) is 51.1 Å². The van der Waals surface area contributed by atoms with Crippen LogP contribution in [-0.2, 0) is 15.6 Å². The molecule has 0 saturated carbocycles. The molecule has 0 radical (unpaired) electrons. The summed E-state index contributed by atoms with van der Waals surface area (Å²) in [5.74, 6) is 0.0201. The molecule has 0 bridgehead atoms. The minimum atomic E-state index is -3.32. The van der Waals surface area contributed by atoms with Crippen molar-refractivity contribution < 1.29 is 8.42 Å². The minimum absolute atomic E-state index is 0.0201. The summed E-state index contributed by atoms with van der Waals surface area (Å²) in [5, 5.41) is 10.1. The van der Waals surface area contributed by atoms with Crippen LogP contribution in [0.2, 0.25) is 0 Å². The third-order valence-electron chi connectivity index (χ3n) is 5.19. The largest absolute Gasteiger partial charge is 0.355 e. The molecule has 0 aromatic carbocycles. The molecule has 1 aliphatic heterocycles. The normalized spacial score (nSPS) is 16.4. The molecule has 3 aromatic heterocycles. The maximum absolute atomic E-state index is 12.1. The Kier molecular flexibility index (Phi) is 4.18. The highest BCUT2D eigenvalue weighted by Gasteiger charge is 2.49. The van der Waals surface area contributed by atoms with Gasteiger partial charge in [0.05, 0.1) is 36.0 Å². The van der Waals surface area contributed by atoms with E-state index in [1.54, 1.807) is 30.1 Å². The molecule has 0 atom stereocenters. The molecule has 1 fully saturated rings. The van der Waals surface area contributed by atoms with Crippen molar-refractivity contribution in [3.05, 3.63) is 42.4 Å². The lowest BCUT2D eigenvalue weighted by molar-refractivity contribution is 0.0852. The monoisotopic (exact) mass is 395 g/mol. The van der Waals surface area contributed by atoms with E-state index in [-0.39, 0.29) is 25.3 Å². The molecule has 0 spiro atoms. The average molecular weight is 395 g/mol. The van der Waals surface area contributed by atoms with Gasteiger partial charge in [0.15, 0.2) is 0 Å². The van der Waals surface area contributed by atoms with E-state index in [1.807, 2.05) is 6.07 Å². The predicted octanol–water partition coefficient (Wildman–Crippen LogP) is 2.25. The van der Waals surface area contributed by atoms with Crippen molar-refractivity contribution in [1.29, 1.82) is 5.26 Å². The first-order valence-corrected chi connectivity index (χ1v) is 10.3. The molecule has 10 heteroatoms. The number of aromatic nitrogens is 4. The number of sulfonamides is 1. The molecular weight excluding hydrogens is 378 g/mol. The molecular formula is C18H17N7O2S. The Labute approximate surface area is 162 Å². The van der Waals surface area contributed by atoms with Crippen LogP contribution in [0.3, 0.4) is 0 Å². The highest BCUT2D eigenvalue weighted by molar-refractivity contribution is 7.89. The van der Waals surface area contributed by atoms with Gasteiger partial charge in [-0.15, -0.1) is 0 Å². The van der Waals surface area contributed by atoms with Gasteiger partial charge in [-0.2, -0.15) is 9.57 Å². The summed E-state index contributed by atoms with van der Waals surface area (Å²) in [6.07, 6.45) is 6.81. The van der Waals surface area contributed by atoms with Gasteiger partial charge in [0.1, 0.15) is 12.0 Å². The van der Waals surface area contributed by atoms with E-state index in [0.29, 0.717) is 22.6 Å². The van der Waals surface area contributed by atoms with Gasteiger partial charge in [0.25, 0.3) is 0 Å². The van der Waals surface area contributed by atoms with Crippen LogP contribution in [0.15, 0.2) is 31.0 Å². The van der Waals surface area contributed by atoms with Crippen molar-refractivity contribution in [3.63, 3.8) is 0 Å². The lowest BCUT2D eigenvalue weighted by Crippen LogP contribution is -2.63. The van der Waals surface area contributed by atoms with Crippen molar-refractivity contribution in [1.82, 2.24) is 23.8 Å². The van der Waals surface area contributed by atoms with E-state index in [0.717, 1.165) is 5.39 Å². The Morgan fingerprint density at radius 1 is 1.39 bits per heavy atom. The highest BCUT2D eigenvalue weighted by atomic mass is 32.2. The van der Waals surface area contributed by atoms with Crippen LogP contribution in [0.4, 0.5) is 5.69 Å². The van der Waals surface area contributed by atoms with Gasteiger partial charge < -0.3 is 9.55 Å². The lowest BCUT2D eigenvalue weighted by atomic mass is 9.89. The van der Waals surface area contributed by atoms with E-state index < -0.39 is 15.6 Å². The van der Waals surface area contributed by atoms with Gasteiger partial charge in [0.2, 0.25) is 15.7 Å². The number of hydrogen-bond acceptors (Lipinski definition) is 5. The zero-order valence-electron chi connectivity index (χ0n) is 15.1. The lowest BCUT2D eigenvalue weighted by Gasteiger charge is -2.49. The zero-order valence-corrected chi connectivity index (χ0v) is 15.9. The Morgan fingerprint density at radius 2 is 2.18 bits per heavy atom. The second-order valence-electron chi connectivity index (χ2n) is 6.77. The fourth-order valence-corrected chi connectivity index (χ4v) is 4.82. The fraction of sp³-hybridized carbons (Fsp3) is 0.333. The smallest absolute Gasteiger partial charge is 0.213 e. The van der Waals surface area contributed by atoms with Crippen molar-refractivity contribution in [2.24, 2.45) is 0 Å². The molecule has 4 heterocycles. The molecule has 9 nitrogen and oxygen atoms in total. The van der Waals surface area contributed by atoms with Crippen molar-refractivity contribution in [2.75, 3.05) is 18.8 Å². The second kappa shape index (κ2) is 6.44. The van der Waals surface area contributed by atoms with Crippen molar-refractivity contribution >= 4 is 26.7 Å². The van der Waals surface area contributed by atoms with Gasteiger partial charge in [-0.05, 0) is 13.0 Å². The van der Waals surface area contributed by atoms with Crippen LogP contribution in [0.1, 0.15) is 13.3 Å². The van der Waals surface area contributed by atoms with E-state index in [1.165, 1.54) is 10.6 Å². The molecule has 0 aliphatic carbocycles. The van der Waals surface area contributed by atoms with Gasteiger partial charge >= 0.3 is 0 Å². The predicted molar refractivity (Wildman–Crippen MR) is 103 cm³/mol. The number of nitriles is 1. The highest BCUT2D eigenvalue weighted by Crippen LogP contribution is 2.40. The number of aromatic amines is 1. The third-order valence-corrected chi connectivity index (χ3v) is 6.97. The van der Waals surface area contributed by atoms with Crippen LogP contribution in [0.25, 0.3) is 27.1 Å². The Morgan fingerprint density at radius 3 is 2.86 bits per heavy atom. The first-order valence-electron chi connectivity index (χ1n) is 8.67. The number of nitrogens with one attached hydrogen (secondary N) is 1. The molecule has 0 unspecified atom stereocenters. The Balaban J connectivity index is 1.79. The molecule has 1 aliphatic rings. The summed E-state index contributed by atoms with van der Waals surface area (Å²) < 4.78 is 27.5. The summed E-state index contributed by atoms with van der Waals surface area (Å²) >= 11 is 0.